The van der Waals surface area contributed by atoms with Crippen molar-refractivity contribution in [2.24, 2.45) is 0 Å². The molecule has 3 aromatic rings. The van der Waals surface area contributed by atoms with Gasteiger partial charge in [-0.3, -0.25) is 0 Å². The summed E-state index contributed by atoms with van der Waals surface area (Å²) in [4.78, 5) is 20.5. The standard InChI is InChI=1S/C48H66N5O10.In/c1-7-35-36(8-2)40-28-42-38(12-10-14-55)34(4)46(53-42)32-50-44-30-48(63-26-24-61-22-20-59-18-16-57-6)47(62-25-23-60-21-19-58-17-15-56-5)29-43(44)49-31-45-33(3)37(11-9-13-54)41(52-45)27-39(35)51-40;/h27-32,54-55H,7-26H2,1-6H3;/q-1;+1. The molecule has 6 bridgehead atoms. The van der Waals surface area contributed by atoms with Crippen molar-refractivity contribution in [3.05, 3.63) is 70.6 Å². The molecule has 2 aromatic heterocycles. The Labute approximate surface area is 392 Å². The molecule has 0 aliphatic carbocycles. The first kappa shape index (κ1) is 51.3. The van der Waals surface area contributed by atoms with Crippen molar-refractivity contribution >= 4 is 69.0 Å². The van der Waals surface area contributed by atoms with Crippen LogP contribution in [0, 0.1) is 0 Å². The van der Waals surface area contributed by atoms with E-state index in [-0.39, 0.29) is 26.4 Å². The number of aliphatic hydroxyl groups excluding tert-OH is 2. The summed E-state index contributed by atoms with van der Waals surface area (Å²) in [6, 6.07) is 8.09. The molecule has 15 nitrogen and oxygen atoms in total. The average Bonchev–Trinajstić information content (AvgIpc) is 3.86. The van der Waals surface area contributed by atoms with Gasteiger partial charge in [0.05, 0.1) is 66.1 Å². The molecule has 0 amide bonds. The van der Waals surface area contributed by atoms with Gasteiger partial charge >= 0.3 is 273 Å². The summed E-state index contributed by atoms with van der Waals surface area (Å²) >= 11 is 0.825. The van der Waals surface area contributed by atoms with Gasteiger partial charge in [-0.2, -0.15) is 0 Å². The van der Waals surface area contributed by atoms with E-state index in [0.29, 0.717) is 114 Å². The fourth-order valence-corrected chi connectivity index (χ4v) is 8.88. The van der Waals surface area contributed by atoms with Gasteiger partial charge in [-0.15, -0.1) is 0 Å². The molecule has 2 aliphatic rings. The zero-order chi connectivity index (χ0) is 45.7. The van der Waals surface area contributed by atoms with Gasteiger partial charge in [-0.1, -0.05) is 0 Å². The number of fused-ring (bicyclic) bond motifs is 7. The van der Waals surface area contributed by atoms with Crippen LogP contribution >= 0.6 is 0 Å². The Balaban J connectivity index is 1.67. The molecule has 2 radical (unpaired) electrons. The summed E-state index contributed by atoms with van der Waals surface area (Å²) in [5, 5.41) is 19.8. The van der Waals surface area contributed by atoms with Gasteiger partial charge in [0.2, 0.25) is 0 Å². The van der Waals surface area contributed by atoms with E-state index in [1.807, 2.05) is 12.1 Å². The van der Waals surface area contributed by atoms with Crippen molar-refractivity contribution < 1.29 is 48.1 Å². The van der Waals surface area contributed by atoms with Crippen molar-refractivity contribution in [3.63, 3.8) is 0 Å². The number of hydrogen-bond donors (Lipinski definition) is 2. The van der Waals surface area contributed by atoms with Gasteiger partial charge in [0.1, 0.15) is 13.2 Å². The second kappa shape index (κ2) is 27.7. The van der Waals surface area contributed by atoms with Gasteiger partial charge in [-0.05, 0) is 0 Å². The molecule has 1 aromatic carbocycles. The van der Waals surface area contributed by atoms with Crippen molar-refractivity contribution in [1.82, 2.24) is 22.5 Å². The molecule has 4 heterocycles. The molecular formula is C48H66InN5O10. The molecule has 64 heavy (non-hydrogen) atoms. The van der Waals surface area contributed by atoms with Gasteiger partial charge in [0, 0.05) is 14.2 Å². The van der Waals surface area contributed by atoms with Gasteiger partial charge < -0.3 is 28.4 Å². The van der Waals surface area contributed by atoms with Gasteiger partial charge in [0.15, 0.2) is 0 Å². The number of aryl methyl sites for hydroxylation is 2. The summed E-state index contributed by atoms with van der Waals surface area (Å²) in [5.41, 5.74) is 13.4. The van der Waals surface area contributed by atoms with E-state index in [1.54, 1.807) is 26.6 Å². The van der Waals surface area contributed by atoms with E-state index in [1.165, 1.54) is 11.1 Å². The number of nitrogens with zero attached hydrogens (tertiary/aromatic N) is 5. The molecule has 0 unspecified atom stereocenters. The van der Waals surface area contributed by atoms with Crippen LogP contribution in [0.3, 0.4) is 0 Å². The van der Waals surface area contributed by atoms with Gasteiger partial charge in [-0.25, -0.2) is 0 Å². The van der Waals surface area contributed by atoms with E-state index in [0.717, 1.165) is 93.6 Å². The second-order valence-electron chi connectivity index (χ2n) is 15.2. The van der Waals surface area contributed by atoms with Crippen LogP contribution in [0.1, 0.15) is 87.3 Å². The predicted octanol–water partition coefficient (Wildman–Crippen LogP) is 6.39. The van der Waals surface area contributed by atoms with Gasteiger partial charge in [0.25, 0.3) is 0 Å². The third kappa shape index (κ3) is 14.1. The van der Waals surface area contributed by atoms with Crippen LogP contribution in [0.4, 0.5) is 0 Å². The molecule has 16 heteroatoms. The Kier molecular flexibility index (Phi) is 22.2. The van der Waals surface area contributed by atoms with E-state index in [2.05, 4.69) is 42.4 Å². The number of allylic oxidation sites excluding steroid dienone is 4. The minimum atomic E-state index is 0.0806. The first-order chi connectivity index (χ1) is 31.3. The van der Waals surface area contributed by atoms with E-state index >= 15 is 0 Å². The summed E-state index contributed by atoms with van der Waals surface area (Å²) in [7, 11) is 3.28. The third-order valence-electron chi connectivity index (χ3n) is 11.0. The molecule has 2 aliphatic heterocycles. The SMILES string of the molecule is CCc1c(CC)c2cc3nc(cnc4cc(OCCOCCOCCOC)c(OCCOCCOCCOC)cc4ncc4nc(cc1[n]2[In])C(CCCO)=C4C)C(C)=C3CCCO. The molecule has 0 saturated heterocycles. The van der Waals surface area contributed by atoms with Crippen LogP contribution in [0.5, 0.6) is 11.5 Å². The third-order valence-corrected chi connectivity index (χ3v) is 12.6. The van der Waals surface area contributed by atoms with Crippen molar-refractivity contribution in [2.45, 2.75) is 66.2 Å². The topological polar surface area (TPSA) is 171 Å². The zero-order valence-electron chi connectivity index (χ0n) is 38.6. The summed E-state index contributed by atoms with van der Waals surface area (Å²) < 4.78 is 47.7. The number of ether oxygens (including phenoxy) is 8. The first-order valence-electron chi connectivity index (χ1n) is 22.3. The number of benzene rings is 1. The molecule has 5 rings (SSSR count). The summed E-state index contributed by atoms with van der Waals surface area (Å²) in [6.45, 7) is 13.7. The number of aliphatic hydroxyl groups is 2. The van der Waals surface area contributed by atoms with Crippen LogP contribution in [-0.2, 0) is 41.3 Å². The van der Waals surface area contributed by atoms with Crippen LogP contribution in [0.25, 0.3) is 44.4 Å². The molecule has 346 valence electrons. The number of rotatable bonds is 28. The summed E-state index contributed by atoms with van der Waals surface area (Å²) in [6.07, 6.45) is 7.89. The maximum atomic E-state index is 9.91. The molecule has 0 atom stereocenters. The van der Waals surface area contributed by atoms with Crippen molar-refractivity contribution in [2.75, 3.05) is 107 Å². The first-order valence-corrected chi connectivity index (χ1v) is 23.8. The predicted molar refractivity (Wildman–Crippen MR) is 250 cm³/mol. The normalized spacial score (nSPS) is 12.7. The fraction of sp³-hybridized carbons (Fsp3) is 0.542. The molecule has 0 fully saturated rings. The number of hydrogen-bond acceptors (Lipinski definition) is 14. The Morgan fingerprint density at radius 2 is 0.906 bits per heavy atom. The Morgan fingerprint density at radius 3 is 1.27 bits per heavy atom. The molecule has 0 saturated carbocycles. The van der Waals surface area contributed by atoms with Crippen molar-refractivity contribution in [3.8, 4) is 11.5 Å². The number of aromatic nitrogens is 5. The minimum absolute atomic E-state index is 0.0806. The van der Waals surface area contributed by atoms with E-state index in [4.69, 9.17) is 57.8 Å². The van der Waals surface area contributed by atoms with E-state index < -0.39 is 0 Å². The monoisotopic (exact) mass is 987 g/mol. The quantitative estimate of drug-likeness (QED) is 0.0768. The summed E-state index contributed by atoms with van der Waals surface area (Å²) in [5.74, 6) is 0.940. The Hall–Kier alpha value is -3.71. The zero-order valence-corrected chi connectivity index (χ0v) is 41.9. The average molecular weight is 988 g/mol. The van der Waals surface area contributed by atoms with Crippen LogP contribution < -0.4 is 9.47 Å². The maximum absolute atomic E-state index is 9.91. The Morgan fingerprint density at radius 1 is 0.531 bits per heavy atom. The van der Waals surface area contributed by atoms with E-state index in [9.17, 15) is 10.2 Å². The number of methoxy groups -OCH3 is 2. The van der Waals surface area contributed by atoms with Crippen LogP contribution in [0.2, 0.25) is 0 Å². The molecule has 2 N–H and O–H groups in total. The Bertz CT molecular complexity index is 2090. The van der Waals surface area contributed by atoms with Crippen LogP contribution in [-0.4, -0.2) is 164 Å². The van der Waals surface area contributed by atoms with Crippen molar-refractivity contribution in [1.29, 1.82) is 0 Å². The molecular weight excluding hydrogens is 921 g/mol. The van der Waals surface area contributed by atoms with Crippen LogP contribution in [0.15, 0.2) is 36.7 Å². The fourth-order valence-electron chi connectivity index (χ4n) is 7.56. The molecule has 0 spiro atoms. The second-order valence-corrected chi connectivity index (χ2v) is 16.6.